The van der Waals surface area contributed by atoms with E-state index in [2.05, 4.69) is 148 Å². The summed E-state index contributed by atoms with van der Waals surface area (Å²) in [7, 11) is -1.52. The lowest BCUT2D eigenvalue weighted by atomic mass is 9.87. The number of piperazine rings is 3. The molecular weight excluding hydrogens is 1220 g/mol. The van der Waals surface area contributed by atoms with Crippen molar-refractivity contribution in [3.05, 3.63) is 125 Å². The quantitative estimate of drug-likeness (QED) is 0.0996. The molecule has 5 N–H and O–H groups in total. The molecule has 19 heteroatoms. The van der Waals surface area contributed by atoms with Gasteiger partial charge in [-0.05, 0) is 199 Å². The molecule has 8 heterocycles. The molecule has 14 rings (SSSR count). The highest BCUT2D eigenvalue weighted by Crippen LogP contribution is 2.43. The summed E-state index contributed by atoms with van der Waals surface area (Å²) in [6, 6.07) is 26.6. The van der Waals surface area contributed by atoms with Crippen molar-refractivity contribution in [1.29, 1.82) is 0 Å². The average molecular weight is 1320 g/mol. The fourth-order valence-electron chi connectivity index (χ4n) is 16.5. The van der Waals surface area contributed by atoms with E-state index in [4.69, 9.17) is 11.6 Å². The lowest BCUT2D eigenvalue weighted by Gasteiger charge is -2.48. The van der Waals surface area contributed by atoms with E-state index in [1.165, 1.54) is 135 Å². The molecule has 6 aliphatic rings. The minimum Gasteiger partial charge on any atom is -0.368 e. The molecule has 0 spiro atoms. The Hall–Kier alpha value is -7.15. The minimum absolute atomic E-state index is 0.0151. The van der Waals surface area contributed by atoms with Crippen LogP contribution in [0, 0.1) is 0 Å². The van der Waals surface area contributed by atoms with Gasteiger partial charge in [0.15, 0.2) is 0 Å². The number of amides is 4. The molecule has 0 radical (unpaired) electrons. The highest BCUT2D eigenvalue weighted by atomic mass is 35.5. The van der Waals surface area contributed by atoms with Crippen molar-refractivity contribution in [2.24, 2.45) is 0 Å². The number of anilines is 3. The van der Waals surface area contributed by atoms with Crippen molar-refractivity contribution >= 4 is 100 Å². The van der Waals surface area contributed by atoms with Gasteiger partial charge in [0.25, 0.3) is 0 Å². The second-order valence-corrected chi connectivity index (χ2v) is 32.0. The molecule has 0 atom stereocenters. The number of H-pyrrole nitrogens is 4. The lowest BCUT2D eigenvalue weighted by molar-refractivity contribution is -0.135. The molecule has 4 aromatic carbocycles. The predicted molar refractivity (Wildman–Crippen MR) is 388 cm³/mol. The van der Waals surface area contributed by atoms with Gasteiger partial charge in [0.2, 0.25) is 21.8 Å². The van der Waals surface area contributed by atoms with Gasteiger partial charge in [-0.15, -0.1) is 0 Å². The van der Waals surface area contributed by atoms with E-state index >= 15 is 0 Å². The smallest absolute Gasteiger partial charge is 0.317 e. The Balaban J connectivity index is 0.000000128. The Morgan fingerprint density at radius 3 is 1.32 bits per heavy atom. The van der Waals surface area contributed by atoms with Crippen LogP contribution >= 0.6 is 11.6 Å². The van der Waals surface area contributed by atoms with Crippen LogP contribution in [0.1, 0.15) is 179 Å². The number of nitrogens with one attached hydrogen (secondary N) is 5. The number of sulfonamides is 1. The standard InChI is InChI=1S/C21H29N3O.C20H29N3O2S.C19H27N3O.C15H18ClN3O/c1-15(25)24-11-10-23(14-21(24,2)3)20-13-17(16-6-4-5-7-16)12-19-18(20)8-9-22-19;1-20(2)14-22(10-11-23(20)26(3,24)25)19-13-16(15-6-4-5-7-15)12-18-17(19)8-9-21-18;1-13(2)15-10-17-16(6-7-20-17)18(11-15)21-8-9-22(14(3)23)19(4,5)12-21;1-17-15(20)19-6-3-10(4-7-19)13-8-11(16)9-14-12(13)2-5-18-14/h8-9,12-13,16,22H,4-7,10-11,14H2,1-3H3;8-9,12-13,15,21H,4-7,10-11,14H2,1-3H3;6-7,10-11,13,20H,8-9,12H2,1-5H3;2,5,8-10,18H,3-4,6-7H2,1H3,(H,17,20). The first kappa shape index (κ1) is 68.2. The van der Waals surface area contributed by atoms with Crippen LogP contribution in [-0.4, -0.2) is 167 Å². The largest absolute Gasteiger partial charge is 0.368 e. The summed E-state index contributed by atoms with van der Waals surface area (Å²) in [6.07, 6.45) is 21.8. The third kappa shape index (κ3) is 14.8. The number of urea groups is 1. The first-order valence-electron chi connectivity index (χ1n) is 34.5. The summed E-state index contributed by atoms with van der Waals surface area (Å²) in [6.45, 7) is 29.1. The molecule has 17 nitrogen and oxygen atoms in total. The van der Waals surface area contributed by atoms with Crippen molar-refractivity contribution < 1.29 is 22.8 Å². The average Bonchev–Trinajstić information content (AvgIpc) is 1.22. The van der Waals surface area contributed by atoms with Gasteiger partial charge in [-0.2, -0.15) is 4.31 Å². The van der Waals surface area contributed by atoms with Crippen LogP contribution < -0.4 is 20.0 Å². The maximum absolute atomic E-state index is 12.1. The molecule has 94 heavy (non-hydrogen) atoms. The highest BCUT2D eigenvalue weighted by molar-refractivity contribution is 7.88. The van der Waals surface area contributed by atoms with Crippen molar-refractivity contribution in [3.63, 3.8) is 0 Å². The monoisotopic (exact) mass is 1320 g/mol. The second kappa shape index (κ2) is 27.9. The van der Waals surface area contributed by atoms with Gasteiger partial charge in [0.1, 0.15) is 0 Å². The summed E-state index contributed by atoms with van der Waals surface area (Å²) in [4.78, 5) is 62.0. The molecule has 4 aromatic heterocycles. The Kier molecular flexibility index (Phi) is 20.3. The van der Waals surface area contributed by atoms with E-state index in [1.54, 1.807) is 25.2 Å². The third-order valence-corrected chi connectivity index (χ3v) is 22.9. The van der Waals surface area contributed by atoms with Crippen LogP contribution in [0.2, 0.25) is 5.02 Å². The summed E-state index contributed by atoms with van der Waals surface area (Å²) >= 11 is 6.21. The molecule has 506 valence electrons. The number of likely N-dealkylation sites (tertiary alicyclic amines) is 1. The van der Waals surface area contributed by atoms with Gasteiger partial charge in [-0.25, -0.2) is 13.2 Å². The topological polar surface area (TPSA) is 183 Å². The zero-order valence-electron chi connectivity index (χ0n) is 57.9. The molecule has 2 saturated carbocycles. The van der Waals surface area contributed by atoms with Crippen molar-refractivity contribution in [2.45, 2.75) is 174 Å². The Labute approximate surface area is 562 Å². The number of rotatable bonds is 8. The third-order valence-electron chi connectivity index (χ3n) is 21.2. The number of carbonyl (C=O) groups excluding carboxylic acids is 3. The van der Waals surface area contributed by atoms with E-state index in [-0.39, 0.29) is 28.9 Å². The van der Waals surface area contributed by atoms with Crippen LogP contribution in [0.5, 0.6) is 0 Å². The number of benzene rings is 4. The van der Waals surface area contributed by atoms with E-state index < -0.39 is 15.6 Å². The van der Waals surface area contributed by atoms with E-state index in [9.17, 15) is 22.8 Å². The number of hydrogen-bond acceptors (Lipinski definition) is 8. The number of carbonyl (C=O) groups is 3. The SMILES string of the molecule is CC(=O)N1CCN(c2cc(C(C)C)cc3[nH]ccc23)CC1(C)C.CC(=O)N1CCN(c2cc(C3CCCC3)cc3[nH]ccc23)CC1(C)C.CC1(C)CN(c2cc(C3CCCC3)cc3[nH]ccc23)CCN1S(C)(=O)=O.CNC(=O)N1CCC(c2cc(Cl)cc3[nH]ccc23)CC1. The number of halogens is 1. The molecule has 6 fully saturated rings. The normalized spacial score (nSPS) is 19.8. The van der Waals surface area contributed by atoms with Gasteiger partial charge in [-0.3, -0.25) is 9.59 Å². The highest BCUT2D eigenvalue weighted by Gasteiger charge is 2.41. The first-order chi connectivity index (χ1) is 44.7. The number of hydrogen-bond donors (Lipinski definition) is 5. The molecule has 4 aliphatic heterocycles. The molecular formula is C75H103ClN12O5S. The maximum atomic E-state index is 12.1. The predicted octanol–water partition coefficient (Wildman–Crippen LogP) is 15.0. The van der Waals surface area contributed by atoms with E-state index in [1.807, 2.05) is 59.4 Å². The summed E-state index contributed by atoms with van der Waals surface area (Å²) < 4.78 is 25.9. The fourth-order valence-corrected chi connectivity index (χ4v) is 18.1. The number of aromatic nitrogens is 4. The number of fused-ring (bicyclic) bond motifs is 4. The second-order valence-electron chi connectivity index (χ2n) is 29.7. The van der Waals surface area contributed by atoms with Crippen LogP contribution in [0.15, 0.2) is 97.6 Å². The number of piperidine rings is 1. The molecule has 8 aromatic rings. The molecule has 2 aliphatic carbocycles. The molecule has 4 amide bonds. The van der Waals surface area contributed by atoms with Crippen LogP contribution in [0.4, 0.5) is 21.9 Å². The first-order valence-corrected chi connectivity index (χ1v) is 36.8. The Morgan fingerprint density at radius 1 is 0.511 bits per heavy atom. The lowest BCUT2D eigenvalue weighted by Crippen LogP contribution is -2.60. The van der Waals surface area contributed by atoms with Crippen molar-refractivity contribution in [2.75, 3.05) is 100.0 Å². The van der Waals surface area contributed by atoms with Gasteiger partial charge >= 0.3 is 6.03 Å². The van der Waals surface area contributed by atoms with Gasteiger partial charge in [-0.1, -0.05) is 51.1 Å². The summed E-state index contributed by atoms with van der Waals surface area (Å²) in [5, 5.41) is 8.49. The van der Waals surface area contributed by atoms with Crippen molar-refractivity contribution in [3.8, 4) is 0 Å². The molecule has 0 unspecified atom stereocenters. The van der Waals surface area contributed by atoms with Gasteiger partial charge < -0.3 is 54.7 Å². The zero-order chi connectivity index (χ0) is 67.0. The molecule has 4 saturated heterocycles. The fraction of sp³-hybridized carbons (Fsp3) is 0.533. The maximum Gasteiger partial charge on any atom is 0.317 e. The van der Waals surface area contributed by atoms with Gasteiger partial charge in [0, 0.05) is 189 Å². The number of aromatic amines is 4. The number of nitrogens with zero attached hydrogens (tertiary/aromatic N) is 7. The van der Waals surface area contributed by atoms with Crippen LogP contribution in [0.3, 0.4) is 0 Å². The zero-order valence-corrected chi connectivity index (χ0v) is 59.4. The van der Waals surface area contributed by atoms with Crippen LogP contribution in [0.25, 0.3) is 43.6 Å². The van der Waals surface area contributed by atoms with E-state index in [0.717, 1.165) is 82.3 Å². The summed E-state index contributed by atoms with van der Waals surface area (Å²) in [5.74, 6) is 2.67. The van der Waals surface area contributed by atoms with Crippen LogP contribution in [-0.2, 0) is 19.6 Å². The Morgan fingerprint density at radius 2 is 0.915 bits per heavy atom. The van der Waals surface area contributed by atoms with Crippen molar-refractivity contribution in [1.82, 2.24) is 44.3 Å². The summed E-state index contributed by atoms with van der Waals surface area (Å²) in [5.41, 5.74) is 13.4. The molecule has 0 bridgehead atoms. The van der Waals surface area contributed by atoms with E-state index in [0.29, 0.717) is 36.8 Å². The minimum atomic E-state index is -3.19. The van der Waals surface area contributed by atoms with Gasteiger partial charge in [0.05, 0.1) is 17.3 Å². The Bertz CT molecular complexity index is 4100.